The number of hydrogen-bond acceptors (Lipinski definition) is 5. The lowest BCUT2D eigenvalue weighted by molar-refractivity contribution is -0.142. The second-order valence-corrected chi connectivity index (χ2v) is 3.51. The number of ether oxygens (including phenoxy) is 2. The molecule has 0 aliphatic rings. The van der Waals surface area contributed by atoms with Gasteiger partial charge in [-0.3, -0.25) is 9.59 Å². The molecule has 0 fully saturated rings. The van der Waals surface area contributed by atoms with Gasteiger partial charge in [0.15, 0.2) is 5.75 Å². The van der Waals surface area contributed by atoms with Crippen molar-refractivity contribution < 1.29 is 19.1 Å². The second kappa shape index (κ2) is 6.39. The fourth-order valence-corrected chi connectivity index (χ4v) is 1.00. The predicted molar refractivity (Wildman–Crippen MR) is 63.1 cm³/mol. The van der Waals surface area contributed by atoms with Gasteiger partial charge in [0.25, 0.3) is 0 Å². The molecule has 1 aromatic heterocycles. The summed E-state index contributed by atoms with van der Waals surface area (Å²) in [6.45, 7) is 4.78. The molecule has 0 saturated heterocycles. The summed E-state index contributed by atoms with van der Waals surface area (Å²) in [4.78, 5) is 36.2. The van der Waals surface area contributed by atoms with Crippen LogP contribution in [0.5, 0.6) is 5.75 Å². The van der Waals surface area contributed by atoms with E-state index in [4.69, 9.17) is 9.47 Å². The van der Waals surface area contributed by atoms with E-state index >= 15 is 0 Å². The van der Waals surface area contributed by atoms with Gasteiger partial charge >= 0.3 is 11.9 Å². The van der Waals surface area contributed by atoms with Crippen LogP contribution in [-0.4, -0.2) is 23.5 Å². The van der Waals surface area contributed by atoms with Gasteiger partial charge in [0.05, 0.1) is 6.42 Å². The average Bonchev–Trinajstić information content (AvgIpc) is 2.32. The van der Waals surface area contributed by atoms with Crippen molar-refractivity contribution in [3.63, 3.8) is 0 Å². The van der Waals surface area contributed by atoms with E-state index in [1.807, 2.05) is 0 Å². The highest BCUT2D eigenvalue weighted by molar-refractivity contribution is 5.87. The molecule has 1 rings (SSSR count). The van der Waals surface area contributed by atoms with Crippen LogP contribution in [0.3, 0.4) is 0 Å². The van der Waals surface area contributed by atoms with Gasteiger partial charge in [-0.2, -0.15) is 0 Å². The molecular weight excluding hydrogens is 238 g/mol. The molecule has 0 spiro atoms. The van der Waals surface area contributed by atoms with Gasteiger partial charge in [-0.1, -0.05) is 6.58 Å². The molecule has 1 heterocycles. The molecule has 6 heteroatoms. The molecule has 0 saturated carbocycles. The van der Waals surface area contributed by atoms with Crippen molar-refractivity contribution >= 4 is 11.9 Å². The summed E-state index contributed by atoms with van der Waals surface area (Å²) < 4.78 is 9.51. The maximum Gasteiger partial charge on any atom is 0.333 e. The van der Waals surface area contributed by atoms with Crippen molar-refractivity contribution in [1.82, 2.24) is 4.98 Å². The molecule has 0 aliphatic heterocycles. The Balaban J connectivity index is 2.39. The standard InChI is InChI=1S/C12H13NO5/c1-8(2)12(16)17-6-4-11(15)18-10-7-13-5-3-9(10)14/h3,5,7H,1,4,6H2,2H3,(H,13,14). The molecule has 0 atom stereocenters. The molecule has 0 bridgehead atoms. The Morgan fingerprint density at radius 2 is 2.17 bits per heavy atom. The summed E-state index contributed by atoms with van der Waals surface area (Å²) in [6.07, 6.45) is 2.57. The van der Waals surface area contributed by atoms with Crippen molar-refractivity contribution in [3.05, 3.63) is 40.8 Å². The molecule has 0 radical (unpaired) electrons. The molecule has 96 valence electrons. The zero-order valence-corrected chi connectivity index (χ0v) is 9.89. The first-order valence-electron chi connectivity index (χ1n) is 5.21. The molecular formula is C12H13NO5. The first-order chi connectivity index (χ1) is 8.50. The molecule has 18 heavy (non-hydrogen) atoms. The number of aromatic nitrogens is 1. The van der Waals surface area contributed by atoms with Gasteiger partial charge in [-0.15, -0.1) is 0 Å². The maximum atomic E-state index is 11.3. The van der Waals surface area contributed by atoms with Crippen LogP contribution in [0.4, 0.5) is 0 Å². The Morgan fingerprint density at radius 3 is 2.78 bits per heavy atom. The topological polar surface area (TPSA) is 85.5 Å². The quantitative estimate of drug-likeness (QED) is 0.617. The van der Waals surface area contributed by atoms with Crippen LogP contribution in [-0.2, 0) is 14.3 Å². The van der Waals surface area contributed by atoms with E-state index in [0.29, 0.717) is 0 Å². The largest absolute Gasteiger partial charge is 0.462 e. The third kappa shape index (κ3) is 4.25. The number of rotatable bonds is 5. The van der Waals surface area contributed by atoms with Crippen LogP contribution in [0, 0.1) is 0 Å². The zero-order valence-electron chi connectivity index (χ0n) is 9.89. The first kappa shape index (κ1) is 13.7. The van der Waals surface area contributed by atoms with Gasteiger partial charge in [0.1, 0.15) is 6.61 Å². The third-order valence-corrected chi connectivity index (χ3v) is 1.90. The van der Waals surface area contributed by atoms with Crippen LogP contribution >= 0.6 is 0 Å². The van der Waals surface area contributed by atoms with Crippen molar-refractivity contribution in [2.75, 3.05) is 6.61 Å². The molecule has 0 amide bonds. The Hall–Kier alpha value is -2.37. The summed E-state index contributed by atoms with van der Waals surface area (Å²) in [5.74, 6) is -1.31. The fourth-order valence-electron chi connectivity index (χ4n) is 1.00. The van der Waals surface area contributed by atoms with E-state index < -0.39 is 17.4 Å². The van der Waals surface area contributed by atoms with E-state index in [9.17, 15) is 14.4 Å². The van der Waals surface area contributed by atoms with Crippen LogP contribution in [0.1, 0.15) is 13.3 Å². The highest BCUT2D eigenvalue weighted by Crippen LogP contribution is 2.01. The molecule has 0 aliphatic carbocycles. The van der Waals surface area contributed by atoms with Crippen molar-refractivity contribution in [3.8, 4) is 5.75 Å². The minimum atomic E-state index is -0.652. The molecule has 1 aromatic rings. The Morgan fingerprint density at radius 1 is 1.44 bits per heavy atom. The number of nitrogens with one attached hydrogen (secondary N) is 1. The number of pyridine rings is 1. The van der Waals surface area contributed by atoms with Gasteiger partial charge < -0.3 is 14.5 Å². The van der Waals surface area contributed by atoms with Crippen LogP contribution in [0.25, 0.3) is 0 Å². The zero-order chi connectivity index (χ0) is 13.5. The highest BCUT2D eigenvalue weighted by atomic mass is 16.6. The van der Waals surface area contributed by atoms with E-state index in [2.05, 4.69) is 11.6 Å². The smallest absolute Gasteiger partial charge is 0.333 e. The number of aromatic amines is 1. The van der Waals surface area contributed by atoms with E-state index in [-0.39, 0.29) is 24.4 Å². The highest BCUT2D eigenvalue weighted by Gasteiger charge is 2.09. The third-order valence-electron chi connectivity index (χ3n) is 1.90. The summed E-state index contributed by atoms with van der Waals surface area (Å²) in [6, 6.07) is 1.24. The Kier molecular flexibility index (Phi) is 4.86. The van der Waals surface area contributed by atoms with Crippen LogP contribution in [0.15, 0.2) is 35.4 Å². The average molecular weight is 251 g/mol. The van der Waals surface area contributed by atoms with Crippen molar-refractivity contribution in [1.29, 1.82) is 0 Å². The summed E-state index contributed by atoms with van der Waals surface area (Å²) in [7, 11) is 0. The Labute approximate surface area is 103 Å². The SMILES string of the molecule is C=C(C)C(=O)OCCC(=O)Oc1c[nH]ccc1=O. The lowest BCUT2D eigenvalue weighted by Gasteiger charge is -2.04. The maximum absolute atomic E-state index is 11.3. The number of carbonyl (C=O) groups is 2. The van der Waals surface area contributed by atoms with Crippen molar-refractivity contribution in [2.24, 2.45) is 0 Å². The minimum absolute atomic E-state index is 0.0891. The summed E-state index contributed by atoms with van der Waals surface area (Å²) in [5.41, 5.74) is -0.149. The molecule has 0 aromatic carbocycles. The van der Waals surface area contributed by atoms with E-state index in [0.717, 1.165) is 0 Å². The van der Waals surface area contributed by atoms with Crippen LogP contribution < -0.4 is 10.2 Å². The normalized spacial score (nSPS) is 9.61. The fraction of sp³-hybridized carbons (Fsp3) is 0.250. The summed E-state index contributed by atoms with van der Waals surface area (Å²) >= 11 is 0. The van der Waals surface area contributed by atoms with Gasteiger partial charge in [-0.25, -0.2) is 4.79 Å². The molecule has 1 N–H and O–H groups in total. The first-order valence-corrected chi connectivity index (χ1v) is 5.21. The summed E-state index contributed by atoms with van der Waals surface area (Å²) in [5, 5.41) is 0. The number of esters is 2. The Bertz CT molecular complexity index is 517. The molecule has 6 nitrogen and oxygen atoms in total. The van der Waals surface area contributed by atoms with Crippen LogP contribution in [0.2, 0.25) is 0 Å². The minimum Gasteiger partial charge on any atom is -0.462 e. The monoisotopic (exact) mass is 251 g/mol. The number of hydrogen-bond donors (Lipinski definition) is 1. The van der Waals surface area contributed by atoms with Crippen molar-refractivity contribution in [2.45, 2.75) is 13.3 Å². The van der Waals surface area contributed by atoms with Gasteiger partial charge in [0, 0.05) is 24.0 Å². The number of carbonyl (C=O) groups excluding carboxylic acids is 2. The second-order valence-electron chi connectivity index (χ2n) is 3.51. The lowest BCUT2D eigenvalue weighted by atomic mass is 10.3. The predicted octanol–water partition coefficient (Wildman–Crippen LogP) is 0.790. The van der Waals surface area contributed by atoms with E-state index in [1.165, 1.54) is 25.4 Å². The van der Waals surface area contributed by atoms with Gasteiger partial charge in [0.2, 0.25) is 5.43 Å². The molecule has 0 unspecified atom stereocenters. The number of H-pyrrole nitrogens is 1. The van der Waals surface area contributed by atoms with E-state index in [1.54, 1.807) is 0 Å². The lowest BCUT2D eigenvalue weighted by Crippen LogP contribution is -2.17. The van der Waals surface area contributed by atoms with Gasteiger partial charge in [-0.05, 0) is 6.92 Å².